The Kier molecular flexibility index (Phi) is 1.44. The lowest BCUT2D eigenvalue weighted by Gasteiger charge is -2.25. The van der Waals surface area contributed by atoms with E-state index in [4.69, 9.17) is 0 Å². The SMILES string of the molecule is O[C@@H]1CC2C[C@@H](O)C(C1)N2. The van der Waals surface area contributed by atoms with E-state index in [0.29, 0.717) is 6.04 Å². The summed E-state index contributed by atoms with van der Waals surface area (Å²) in [7, 11) is 0. The first-order valence-electron chi connectivity index (χ1n) is 3.88. The van der Waals surface area contributed by atoms with Gasteiger partial charge >= 0.3 is 0 Å². The van der Waals surface area contributed by atoms with Gasteiger partial charge in [0.2, 0.25) is 0 Å². The first-order valence-corrected chi connectivity index (χ1v) is 3.88. The molecule has 0 aliphatic carbocycles. The highest BCUT2D eigenvalue weighted by Gasteiger charge is 2.38. The fraction of sp³-hybridized carbons (Fsp3) is 1.00. The topological polar surface area (TPSA) is 52.5 Å². The minimum absolute atomic E-state index is 0.161. The van der Waals surface area contributed by atoms with Crippen LogP contribution in [0.1, 0.15) is 19.3 Å². The van der Waals surface area contributed by atoms with Crippen molar-refractivity contribution in [2.45, 2.75) is 43.6 Å². The van der Waals surface area contributed by atoms with Gasteiger partial charge in [-0.15, -0.1) is 0 Å². The van der Waals surface area contributed by atoms with Crippen LogP contribution in [0.2, 0.25) is 0 Å². The van der Waals surface area contributed by atoms with Gasteiger partial charge in [0.1, 0.15) is 0 Å². The number of aliphatic hydroxyl groups is 2. The van der Waals surface area contributed by atoms with Gasteiger partial charge in [-0.05, 0) is 19.3 Å². The lowest BCUT2D eigenvalue weighted by Crippen LogP contribution is -2.42. The van der Waals surface area contributed by atoms with Gasteiger partial charge < -0.3 is 15.5 Å². The van der Waals surface area contributed by atoms with Crippen molar-refractivity contribution in [2.75, 3.05) is 0 Å². The Bertz CT molecular complexity index is 135. The molecule has 2 unspecified atom stereocenters. The summed E-state index contributed by atoms with van der Waals surface area (Å²) in [5, 5.41) is 21.9. The van der Waals surface area contributed by atoms with Gasteiger partial charge in [0, 0.05) is 12.1 Å². The minimum Gasteiger partial charge on any atom is -0.393 e. The van der Waals surface area contributed by atoms with Crippen molar-refractivity contribution in [3.05, 3.63) is 0 Å². The van der Waals surface area contributed by atoms with Crippen LogP contribution in [0.15, 0.2) is 0 Å². The first kappa shape index (κ1) is 6.58. The molecule has 3 nitrogen and oxygen atoms in total. The molecule has 0 aromatic carbocycles. The molecule has 2 aliphatic rings. The lowest BCUT2D eigenvalue weighted by molar-refractivity contribution is 0.0918. The molecule has 0 radical (unpaired) electrons. The zero-order valence-corrected chi connectivity index (χ0v) is 5.83. The maximum Gasteiger partial charge on any atom is 0.0709 e. The Balaban J connectivity index is 2.06. The number of rotatable bonds is 0. The van der Waals surface area contributed by atoms with Gasteiger partial charge in [-0.3, -0.25) is 0 Å². The van der Waals surface area contributed by atoms with E-state index in [1.54, 1.807) is 0 Å². The largest absolute Gasteiger partial charge is 0.393 e. The quantitative estimate of drug-likeness (QED) is 0.417. The maximum atomic E-state index is 9.34. The highest BCUT2D eigenvalue weighted by atomic mass is 16.3. The van der Waals surface area contributed by atoms with Crippen molar-refractivity contribution < 1.29 is 10.2 Å². The second-order valence-electron chi connectivity index (χ2n) is 3.40. The Morgan fingerprint density at radius 2 is 1.90 bits per heavy atom. The highest BCUT2D eigenvalue weighted by Crippen LogP contribution is 2.26. The second kappa shape index (κ2) is 2.19. The molecule has 0 saturated carbocycles. The Hall–Kier alpha value is -0.120. The lowest BCUT2D eigenvalue weighted by atomic mass is 10.0. The van der Waals surface area contributed by atoms with Crippen molar-refractivity contribution in [3.8, 4) is 0 Å². The van der Waals surface area contributed by atoms with E-state index in [2.05, 4.69) is 5.32 Å². The van der Waals surface area contributed by atoms with Crippen LogP contribution in [0.5, 0.6) is 0 Å². The number of hydrogen-bond donors (Lipinski definition) is 3. The van der Waals surface area contributed by atoms with E-state index in [1.807, 2.05) is 0 Å². The van der Waals surface area contributed by atoms with Gasteiger partial charge in [0.05, 0.1) is 12.2 Å². The van der Waals surface area contributed by atoms with Crippen LogP contribution < -0.4 is 5.32 Å². The maximum absolute atomic E-state index is 9.34. The summed E-state index contributed by atoms with van der Waals surface area (Å²) in [6.45, 7) is 0. The molecule has 0 aromatic rings. The van der Waals surface area contributed by atoms with Crippen LogP contribution in [-0.4, -0.2) is 34.5 Å². The smallest absolute Gasteiger partial charge is 0.0709 e. The summed E-state index contributed by atoms with van der Waals surface area (Å²) in [5.74, 6) is 0. The molecule has 2 saturated heterocycles. The number of nitrogens with one attached hydrogen (secondary N) is 1. The van der Waals surface area contributed by atoms with Crippen LogP contribution in [-0.2, 0) is 0 Å². The molecule has 2 aliphatic heterocycles. The van der Waals surface area contributed by atoms with Gasteiger partial charge in [-0.25, -0.2) is 0 Å². The molecular weight excluding hydrogens is 130 g/mol. The Labute approximate surface area is 60.1 Å². The van der Waals surface area contributed by atoms with Gasteiger partial charge in [-0.1, -0.05) is 0 Å². The van der Waals surface area contributed by atoms with Gasteiger partial charge in [0.15, 0.2) is 0 Å². The molecular formula is C7H13NO2. The molecule has 2 bridgehead atoms. The number of hydrogen-bond acceptors (Lipinski definition) is 3. The summed E-state index contributed by atoms with van der Waals surface area (Å²) in [6, 6.07) is 0.525. The summed E-state index contributed by atoms with van der Waals surface area (Å²) in [5.41, 5.74) is 0. The Morgan fingerprint density at radius 3 is 2.60 bits per heavy atom. The second-order valence-corrected chi connectivity index (χ2v) is 3.40. The van der Waals surface area contributed by atoms with E-state index in [9.17, 15) is 10.2 Å². The fourth-order valence-corrected chi connectivity index (χ4v) is 2.04. The third-order valence-electron chi connectivity index (χ3n) is 2.52. The fourth-order valence-electron chi connectivity index (χ4n) is 2.04. The standard InChI is InChI=1S/C7H13NO2/c9-5-1-4-2-7(10)6(3-5)8-4/h4-10H,1-3H2/t4?,5-,6?,7-/m1/s1. The van der Waals surface area contributed by atoms with E-state index >= 15 is 0 Å². The average molecular weight is 143 g/mol. The molecule has 0 amide bonds. The van der Waals surface area contributed by atoms with Crippen molar-refractivity contribution in [3.63, 3.8) is 0 Å². The third kappa shape index (κ3) is 0.944. The molecule has 0 spiro atoms. The van der Waals surface area contributed by atoms with E-state index in [1.165, 1.54) is 0 Å². The number of piperidine rings is 1. The Morgan fingerprint density at radius 1 is 1.10 bits per heavy atom. The van der Waals surface area contributed by atoms with Crippen molar-refractivity contribution >= 4 is 0 Å². The molecule has 2 fully saturated rings. The van der Waals surface area contributed by atoms with E-state index in [0.717, 1.165) is 19.3 Å². The van der Waals surface area contributed by atoms with E-state index in [-0.39, 0.29) is 18.2 Å². The number of aliphatic hydroxyl groups excluding tert-OH is 2. The monoisotopic (exact) mass is 143 g/mol. The number of fused-ring (bicyclic) bond motifs is 2. The molecule has 4 atom stereocenters. The average Bonchev–Trinajstić information content (AvgIpc) is 2.07. The summed E-state index contributed by atoms with van der Waals surface area (Å²) in [6.07, 6.45) is 1.95. The molecule has 2 rings (SSSR count). The normalized spacial score (nSPS) is 53.4. The van der Waals surface area contributed by atoms with Crippen molar-refractivity contribution in [1.29, 1.82) is 0 Å². The molecule has 58 valence electrons. The van der Waals surface area contributed by atoms with Crippen molar-refractivity contribution in [2.24, 2.45) is 0 Å². The molecule has 3 N–H and O–H groups in total. The molecule has 2 heterocycles. The van der Waals surface area contributed by atoms with Gasteiger partial charge in [-0.2, -0.15) is 0 Å². The zero-order chi connectivity index (χ0) is 7.14. The zero-order valence-electron chi connectivity index (χ0n) is 5.83. The minimum atomic E-state index is -0.220. The van der Waals surface area contributed by atoms with Gasteiger partial charge in [0.25, 0.3) is 0 Å². The van der Waals surface area contributed by atoms with Crippen molar-refractivity contribution in [1.82, 2.24) is 5.32 Å². The summed E-state index contributed by atoms with van der Waals surface area (Å²) in [4.78, 5) is 0. The summed E-state index contributed by atoms with van der Waals surface area (Å²) >= 11 is 0. The summed E-state index contributed by atoms with van der Waals surface area (Å²) < 4.78 is 0. The predicted octanol–water partition coefficient (Wildman–Crippen LogP) is -0.768. The molecule has 0 aromatic heterocycles. The van der Waals surface area contributed by atoms with Crippen LogP contribution in [0.25, 0.3) is 0 Å². The molecule has 3 heteroatoms. The first-order chi connectivity index (χ1) is 4.75. The van der Waals surface area contributed by atoms with E-state index < -0.39 is 0 Å². The van der Waals surface area contributed by atoms with Crippen LogP contribution in [0.4, 0.5) is 0 Å². The van der Waals surface area contributed by atoms with Crippen LogP contribution in [0, 0.1) is 0 Å². The van der Waals surface area contributed by atoms with Crippen LogP contribution in [0.3, 0.4) is 0 Å². The van der Waals surface area contributed by atoms with Crippen LogP contribution >= 0.6 is 0 Å². The highest BCUT2D eigenvalue weighted by molar-refractivity contribution is 4.97. The third-order valence-corrected chi connectivity index (χ3v) is 2.52. The molecule has 10 heavy (non-hydrogen) atoms. The predicted molar refractivity (Wildman–Crippen MR) is 36.6 cm³/mol.